The molecule has 0 aromatic rings. The second kappa shape index (κ2) is 11.0. The predicted molar refractivity (Wildman–Crippen MR) is 71.5 cm³/mol. The number of rotatable bonds is 6. The molecule has 0 rings (SSSR count). The molecule has 1 atom stereocenters. The Morgan fingerprint density at radius 2 is 1.95 bits per heavy atom. The predicted octanol–water partition coefficient (Wildman–Crippen LogP) is 0.922. The Labute approximate surface area is 113 Å². The normalized spacial score (nSPS) is 12.2. The Hall–Kier alpha value is -0.920. The summed E-state index contributed by atoms with van der Waals surface area (Å²) in [6, 6.07) is -0.523. The first-order valence-electron chi connectivity index (χ1n) is 5.51. The van der Waals surface area contributed by atoms with E-state index in [4.69, 9.17) is 9.79 Å². The van der Waals surface area contributed by atoms with E-state index in [1.165, 1.54) is 0 Å². The van der Waals surface area contributed by atoms with E-state index in [1.54, 1.807) is 6.92 Å². The number of phosphoric ester groups is 1. The summed E-state index contributed by atoms with van der Waals surface area (Å²) in [5, 5.41) is 2.34. The smallest absolute Gasteiger partial charge is 0.419 e. The Morgan fingerprint density at radius 3 is 2.26 bits per heavy atom. The van der Waals surface area contributed by atoms with Crippen molar-refractivity contribution in [3.8, 4) is 0 Å². The molecule has 0 aliphatic rings. The first-order valence-corrected chi connectivity index (χ1v) is 7.04. The fourth-order valence-electron chi connectivity index (χ4n) is 0.725. The zero-order valence-electron chi connectivity index (χ0n) is 11.7. The van der Waals surface area contributed by atoms with Crippen molar-refractivity contribution in [2.24, 2.45) is 0 Å². The number of alkyl carbamates (subject to hydrolysis) is 1. The van der Waals surface area contributed by atoms with Gasteiger partial charge in [-0.05, 0) is 27.6 Å². The highest BCUT2D eigenvalue weighted by Crippen LogP contribution is 2.35. The second-order valence-corrected chi connectivity index (χ2v) is 5.19. The minimum atomic E-state index is -4.50. The van der Waals surface area contributed by atoms with Crippen molar-refractivity contribution in [1.82, 2.24) is 10.2 Å². The summed E-state index contributed by atoms with van der Waals surface area (Å²) in [6.07, 6.45) is 0.657. The van der Waals surface area contributed by atoms with Gasteiger partial charge in [0.05, 0.1) is 18.9 Å². The van der Waals surface area contributed by atoms with E-state index >= 15 is 0 Å². The highest BCUT2D eigenvalue weighted by atomic mass is 31.2. The second-order valence-electron chi connectivity index (χ2n) is 3.95. The van der Waals surface area contributed by atoms with Crippen molar-refractivity contribution in [3.05, 3.63) is 12.8 Å². The van der Waals surface area contributed by atoms with Crippen LogP contribution in [-0.4, -0.2) is 54.6 Å². The Balaban J connectivity index is 0. The van der Waals surface area contributed by atoms with Crippen molar-refractivity contribution in [2.75, 3.05) is 27.7 Å². The van der Waals surface area contributed by atoms with Crippen molar-refractivity contribution in [3.63, 3.8) is 0 Å². The number of carbonyl (C=O) groups is 1. The molecule has 1 amide bonds. The van der Waals surface area contributed by atoms with Gasteiger partial charge in [0, 0.05) is 0 Å². The van der Waals surface area contributed by atoms with Crippen molar-refractivity contribution >= 4 is 13.9 Å². The van der Waals surface area contributed by atoms with E-state index < -0.39 is 20.0 Å². The standard InChI is InChI=1S/C7H14NO6P.C3H9N/c1-3-6(5-14-15(10,11)12)8-7(9)13-4-2;1-4(2)3/h4,6H,2-3,5H2,1H3,(H,8,9)(H2,10,11,12);1-3H3. The van der Waals surface area contributed by atoms with E-state index in [2.05, 4.69) is 21.2 Å². The van der Waals surface area contributed by atoms with Gasteiger partial charge in [0.2, 0.25) is 0 Å². The summed E-state index contributed by atoms with van der Waals surface area (Å²) >= 11 is 0. The van der Waals surface area contributed by atoms with Crippen LogP contribution in [-0.2, 0) is 13.8 Å². The molecule has 0 bridgehead atoms. The van der Waals surface area contributed by atoms with Gasteiger partial charge in [0.25, 0.3) is 0 Å². The number of hydrogen-bond acceptors (Lipinski definition) is 5. The maximum absolute atomic E-state index is 10.9. The summed E-state index contributed by atoms with van der Waals surface area (Å²) in [7, 11) is 1.50. The van der Waals surface area contributed by atoms with E-state index in [-0.39, 0.29) is 6.61 Å². The van der Waals surface area contributed by atoms with Crippen LogP contribution in [0.3, 0.4) is 0 Å². The van der Waals surface area contributed by atoms with Gasteiger partial charge in [-0.1, -0.05) is 13.5 Å². The molecule has 114 valence electrons. The molecule has 0 saturated carbocycles. The molecular weight excluding hydrogens is 275 g/mol. The molecule has 0 radical (unpaired) electrons. The number of ether oxygens (including phenoxy) is 1. The van der Waals surface area contributed by atoms with E-state index in [0.717, 1.165) is 6.26 Å². The van der Waals surface area contributed by atoms with Crippen LogP contribution in [0.2, 0.25) is 0 Å². The molecule has 9 heteroatoms. The highest BCUT2D eigenvalue weighted by molar-refractivity contribution is 7.46. The Kier molecular flexibility index (Phi) is 11.8. The summed E-state index contributed by atoms with van der Waals surface area (Å²) in [4.78, 5) is 29.7. The van der Waals surface area contributed by atoms with Crippen LogP contribution in [0.15, 0.2) is 12.8 Å². The molecule has 8 nitrogen and oxygen atoms in total. The van der Waals surface area contributed by atoms with Crippen LogP contribution in [0.25, 0.3) is 0 Å². The zero-order chi connectivity index (χ0) is 15.5. The van der Waals surface area contributed by atoms with Gasteiger partial charge in [0.1, 0.15) is 0 Å². The lowest BCUT2D eigenvalue weighted by Gasteiger charge is -2.16. The molecule has 0 saturated heterocycles. The number of hydrogen-bond donors (Lipinski definition) is 3. The lowest BCUT2D eigenvalue weighted by Crippen LogP contribution is -2.37. The lowest BCUT2D eigenvalue weighted by molar-refractivity contribution is 0.155. The number of nitrogens with one attached hydrogen (secondary N) is 1. The van der Waals surface area contributed by atoms with Gasteiger partial charge >= 0.3 is 13.9 Å². The third kappa shape index (κ3) is 19.6. The topological polar surface area (TPSA) is 108 Å². The van der Waals surface area contributed by atoms with Gasteiger partial charge in [-0.3, -0.25) is 4.52 Å². The average molecular weight is 298 g/mol. The van der Waals surface area contributed by atoms with Crippen molar-refractivity contribution in [2.45, 2.75) is 19.4 Å². The average Bonchev–Trinajstić information content (AvgIpc) is 2.22. The molecule has 19 heavy (non-hydrogen) atoms. The van der Waals surface area contributed by atoms with Gasteiger partial charge in [-0.25, -0.2) is 9.36 Å². The molecule has 0 aromatic heterocycles. The van der Waals surface area contributed by atoms with Crippen molar-refractivity contribution in [1.29, 1.82) is 0 Å². The molecule has 0 fully saturated rings. The minimum absolute atomic E-state index is 0.285. The maximum atomic E-state index is 10.9. The highest BCUT2D eigenvalue weighted by Gasteiger charge is 2.18. The van der Waals surface area contributed by atoms with Crippen LogP contribution in [0.5, 0.6) is 0 Å². The number of carbonyl (C=O) groups excluding carboxylic acids is 1. The van der Waals surface area contributed by atoms with Gasteiger partial charge < -0.3 is 24.7 Å². The van der Waals surface area contributed by atoms with Crippen LogP contribution in [0.4, 0.5) is 4.79 Å². The fourth-order valence-corrected chi connectivity index (χ4v) is 1.10. The van der Waals surface area contributed by atoms with Crippen LogP contribution in [0, 0.1) is 0 Å². The SMILES string of the molecule is C=COC(=O)NC(CC)COP(=O)(O)O.CN(C)C. The van der Waals surface area contributed by atoms with Gasteiger partial charge in [-0.2, -0.15) is 0 Å². The largest absolute Gasteiger partial charge is 0.469 e. The minimum Gasteiger partial charge on any atom is -0.419 e. The third-order valence-electron chi connectivity index (χ3n) is 1.45. The van der Waals surface area contributed by atoms with Gasteiger partial charge in [-0.15, -0.1) is 0 Å². The maximum Gasteiger partial charge on any atom is 0.469 e. The number of phosphoric acid groups is 1. The fraction of sp³-hybridized carbons (Fsp3) is 0.700. The molecule has 0 aliphatic heterocycles. The van der Waals surface area contributed by atoms with Crippen molar-refractivity contribution < 1.29 is 28.4 Å². The summed E-state index contributed by atoms with van der Waals surface area (Å²) in [5.41, 5.74) is 0. The molecule has 3 N–H and O–H groups in total. The Morgan fingerprint density at radius 1 is 1.47 bits per heavy atom. The third-order valence-corrected chi connectivity index (χ3v) is 1.93. The van der Waals surface area contributed by atoms with E-state index in [1.807, 2.05) is 26.0 Å². The van der Waals surface area contributed by atoms with E-state index in [9.17, 15) is 9.36 Å². The monoisotopic (exact) mass is 298 g/mol. The molecule has 0 aromatic carbocycles. The summed E-state index contributed by atoms with van der Waals surface area (Å²) < 4.78 is 19.0. The molecular formula is C10H23N2O6P. The molecule has 0 aliphatic carbocycles. The number of nitrogens with zero attached hydrogens (tertiary/aromatic N) is 1. The molecule has 0 spiro atoms. The van der Waals surface area contributed by atoms with Crippen LogP contribution in [0.1, 0.15) is 13.3 Å². The number of amides is 1. The first-order chi connectivity index (χ1) is 8.62. The lowest BCUT2D eigenvalue weighted by atomic mass is 10.2. The first kappa shape index (κ1) is 20.4. The van der Waals surface area contributed by atoms with Gasteiger partial charge in [0.15, 0.2) is 0 Å². The summed E-state index contributed by atoms with van der Waals surface area (Å²) in [6.45, 7) is 4.62. The summed E-state index contributed by atoms with van der Waals surface area (Å²) in [5.74, 6) is 0. The van der Waals surface area contributed by atoms with Crippen LogP contribution >= 0.6 is 7.82 Å². The Bertz CT molecular complexity index is 302. The zero-order valence-corrected chi connectivity index (χ0v) is 12.6. The van der Waals surface area contributed by atoms with E-state index in [0.29, 0.717) is 6.42 Å². The van der Waals surface area contributed by atoms with Crippen LogP contribution < -0.4 is 5.32 Å². The quantitative estimate of drug-likeness (QED) is 0.494. The molecule has 1 unspecified atom stereocenters. The molecule has 0 heterocycles.